The normalized spacial score (nSPS) is 17.5. The maximum absolute atomic E-state index is 12.4. The van der Waals surface area contributed by atoms with Gasteiger partial charge in [0.05, 0.1) is 11.6 Å². The van der Waals surface area contributed by atoms with Crippen LogP contribution in [0.3, 0.4) is 0 Å². The molecule has 0 radical (unpaired) electrons. The minimum atomic E-state index is -0.998. The van der Waals surface area contributed by atoms with Gasteiger partial charge in [-0.3, -0.25) is 9.55 Å². The average molecular weight is 309 g/mol. The lowest BCUT2D eigenvalue weighted by atomic mass is 10.1. The maximum atomic E-state index is 12.4. The highest BCUT2D eigenvalue weighted by Gasteiger charge is 2.30. The van der Waals surface area contributed by atoms with Gasteiger partial charge < -0.3 is 5.11 Å². The first-order valence-corrected chi connectivity index (χ1v) is 6.94. The standard InChI is InChI=1S/C13H13ClN4O3/c14-9-4-8(5-15-6-9)7-17-13(21)18-10(12(19)20)2-1-3-11(18)16-17/h4-6,10H,1-3,7H2,(H,19,20)/t10-/m0/s1. The minimum absolute atomic E-state index is 0.221. The van der Waals surface area contributed by atoms with Crippen LogP contribution in [0.25, 0.3) is 0 Å². The third-order valence-electron chi connectivity index (χ3n) is 3.51. The first-order chi connectivity index (χ1) is 10.1. The van der Waals surface area contributed by atoms with E-state index in [9.17, 15) is 14.7 Å². The van der Waals surface area contributed by atoms with Gasteiger partial charge in [0.15, 0.2) is 0 Å². The molecule has 0 aromatic carbocycles. The molecular formula is C13H13ClN4O3. The molecule has 0 saturated carbocycles. The van der Waals surface area contributed by atoms with Crippen molar-refractivity contribution >= 4 is 17.6 Å². The van der Waals surface area contributed by atoms with Gasteiger partial charge in [-0.05, 0) is 24.5 Å². The molecule has 8 heteroatoms. The SMILES string of the molecule is O=C(O)[C@@H]1CCCc2nn(Cc3cncc(Cl)c3)c(=O)n21. The van der Waals surface area contributed by atoms with E-state index in [-0.39, 0.29) is 6.54 Å². The molecule has 3 heterocycles. The number of halogens is 1. The fraction of sp³-hybridized carbons (Fsp3) is 0.385. The number of carbonyl (C=O) groups is 1. The van der Waals surface area contributed by atoms with E-state index >= 15 is 0 Å². The number of fused-ring (bicyclic) bond motifs is 1. The second kappa shape index (κ2) is 5.33. The van der Waals surface area contributed by atoms with Crippen LogP contribution in [0.2, 0.25) is 5.02 Å². The molecular weight excluding hydrogens is 296 g/mol. The molecule has 0 bridgehead atoms. The van der Waals surface area contributed by atoms with E-state index in [4.69, 9.17) is 11.6 Å². The largest absolute Gasteiger partial charge is 0.480 e. The lowest BCUT2D eigenvalue weighted by Crippen LogP contribution is -2.34. The zero-order valence-corrected chi connectivity index (χ0v) is 11.8. The van der Waals surface area contributed by atoms with Crippen molar-refractivity contribution in [3.05, 3.63) is 45.4 Å². The van der Waals surface area contributed by atoms with Gasteiger partial charge in [-0.1, -0.05) is 11.6 Å². The number of hydrogen-bond donors (Lipinski definition) is 1. The molecule has 3 rings (SSSR count). The van der Waals surface area contributed by atoms with Crippen molar-refractivity contribution in [2.75, 3.05) is 0 Å². The van der Waals surface area contributed by atoms with Crippen LogP contribution < -0.4 is 5.69 Å². The summed E-state index contributed by atoms with van der Waals surface area (Å²) in [6.07, 6.45) is 4.89. The second-order valence-corrected chi connectivity index (χ2v) is 5.42. The maximum Gasteiger partial charge on any atom is 0.347 e. The van der Waals surface area contributed by atoms with E-state index in [0.717, 1.165) is 5.56 Å². The quantitative estimate of drug-likeness (QED) is 0.917. The zero-order valence-electron chi connectivity index (χ0n) is 11.1. The molecule has 7 nitrogen and oxygen atoms in total. The van der Waals surface area contributed by atoms with Crippen LogP contribution in [0.5, 0.6) is 0 Å². The Hall–Kier alpha value is -2.15. The molecule has 1 aliphatic heterocycles. The van der Waals surface area contributed by atoms with E-state index in [0.29, 0.717) is 30.1 Å². The van der Waals surface area contributed by atoms with Crippen LogP contribution in [-0.4, -0.2) is 30.4 Å². The first-order valence-electron chi connectivity index (χ1n) is 6.56. The predicted molar refractivity (Wildman–Crippen MR) is 74.4 cm³/mol. The fourth-order valence-corrected chi connectivity index (χ4v) is 2.78. The van der Waals surface area contributed by atoms with Gasteiger partial charge in [-0.15, -0.1) is 0 Å². The van der Waals surface area contributed by atoms with Crippen LogP contribution in [0.15, 0.2) is 23.3 Å². The van der Waals surface area contributed by atoms with E-state index in [1.54, 1.807) is 12.3 Å². The van der Waals surface area contributed by atoms with Crippen molar-refractivity contribution in [2.45, 2.75) is 31.8 Å². The Morgan fingerprint density at radius 1 is 1.48 bits per heavy atom. The third-order valence-corrected chi connectivity index (χ3v) is 3.72. The Morgan fingerprint density at radius 2 is 2.29 bits per heavy atom. The summed E-state index contributed by atoms with van der Waals surface area (Å²) in [6, 6.07) is 0.876. The Morgan fingerprint density at radius 3 is 3.00 bits per heavy atom. The van der Waals surface area contributed by atoms with Crippen LogP contribution >= 0.6 is 11.6 Å². The lowest BCUT2D eigenvalue weighted by molar-refractivity contribution is -0.141. The molecule has 1 N–H and O–H groups in total. The molecule has 0 unspecified atom stereocenters. The minimum Gasteiger partial charge on any atom is -0.480 e. The summed E-state index contributed by atoms with van der Waals surface area (Å²) in [7, 11) is 0. The van der Waals surface area contributed by atoms with Gasteiger partial charge in [0.2, 0.25) is 0 Å². The Balaban J connectivity index is 1.99. The highest BCUT2D eigenvalue weighted by Crippen LogP contribution is 2.22. The summed E-state index contributed by atoms with van der Waals surface area (Å²) in [5.41, 5.74) is 0.337. The number of aliphatic carboxylic acids is 1. The number of rotatable bonds is 3. The number of nitrogens with zero attached hydrogens (tertiary/aromatic N) is 4. The van der Waals surface area contributed by atoms with Crippen LogP contribution in [0.1, 0.15) is 30.3 Å². The van der Waals surface area contributed by atoms with Crippen molar-refractivity contribution in [3.63, 3.8) is 0 Å². The highest BCUT2D eigenvalue weighted by atomic mass is 35.5. The number of aryl methyl sites for hydroxylation is 1. The molecule has 1 atom stereocenters. The lowest BCUT2D eigenvalue weighted by Gasteiger charge is -2.19. The smallest absolute Gasteiger partial charge is 0.347 e. The number of carboxylic acids is 1. The number of aromatic nitrogens is 4. The molecule has 0 fully saturated rings. The zero-order chi connectivity index (χ0) is 15.0. The molecule has 21 heavy (non-hydrogen) atoms. The summed E-state index contributed by atoms with van der Waals surface area (Å²) in [5, 5.41) is 13.9. The molecule has 110 valence electrons. The molecule has 1 aliphatic rings. The Kier molecular flexibility index (Phi) is 3.50. The van der Waals surface area contributed by atoms with E-state index < -0.39 is 17.7 Å². The second-order valence-electron chi connectivity index (χ2n) is 4.98. The summed E-state index contributed by atoms with van der Waals surface area (Å²) in [4.78, 5) is 27.6. The highest BCUT2D eigenvalue weighted by molar-refractivity contribution is 6.30. The summed E-state index contributed by atoms with van der Waals surface area (Å²) >= 11 is 5.86. The Labute approximate surface area is 124 Å². The van der Waals surface area contributed by atoms with E-state index in [1.165, 1.54) is 15.4 Å². The molecule has 2 aromatic heterocycles. The monoisotopic (exact) mass is 308 g/mol. The van der Waals surface area contributed by atoms with E-state index in [2.05, 4.69) is 10.1 Å². The van der Waals surface area contributed by atoms with Crippen molar-refractivity contribution in [2.24, 2.45) is 0 Å². The van der Waals surface area contributed by atoms with Gasteiger partial charge in [-0.25, -0.2) is 14.3 Å². The Bertz CT molecular complexity index is 752. The predicted octanol–water partition coefficient (Wildman–Crippen LogP) is 1.10. The number of hydrogen-bond acceptors (Lipinski definition) is 4. The number of carboxylic acid groups (broad SMARTS) is 1. The van der Waals surface area contributed by atoms with Crippen molar-refractivity contribution < 1.29 is 9.90 Å². The third kappa shape index (κ3) is 2.56. The van der Waals surface area contributed by atoms with Crippen molar-refractivity contribution in [1.82, 2.24) is 19.3 Å². The number of pyridine rings is 1. The topological polar surface area (TPSA) is 90.0 Å². The van der Waals surface area contributed by atoms with Gasteiger partial charge in [0, 0.05) is 18.8 Å². The van der Waals surface area contributed by atoms with Gasteiger partial charge in [0.1, 0.15) is 11.9 Å². The van der Waals surface area contributed by atoms with Crippen LogP contribution in [0.4, 0.5) is 0 Å². The summed E-state index contributed by atoms with van der Waals surface area (Å²) < 4.78 is 2.55. The molecule has 0 saturated heterocycles. The van der Waals surface area contributed by atoms with Gasteiger partial charge >= 0.3 is 11.7 Å². The molecule has 0 amide bonds. The molecule has 0 aliphatic carbocycles. The van der Waals surface area contributed by atoms with Crippen molar-refractivity contribution in [1.29, 1.82) is 0 Å². The van der Waals surface area contributed by atoms with Crippen LogP contribution in [0, 0.1) is 0 Å². The van der Waals surface area contributed by atoms with Crippen LogP contribution in [-0.2, 0) is 17.8 Å². The fourth-order valence-electron chi connectivity index (χ4n) is 2.58. The first kappa shape index (κ1) is 13.8. The summed E-state index contributed by atoms with van der Waals surface area (Å²) in [5.74, 6) is -0.476. The van der Waals surface area contributed by atoms with Gasteiger partial charge in [-0.2, -0.15) is 5.10 Å². The van der Waals surface area contributed by atoms with E-state index in [1.807, 2.05) is 0 Å². The summed E-state index contributed by atoms with van der Waals surface area (Å²) in [6.45, 7) is 0.221. The molecule has 2 aromatic rings. The van der Waals surface area contributed by atoms with Gasteiger partial charge in [0.25, 0.3) is 0 Å². The van der Waals surface area contributed by atoms with Crippen molar-refractivity contribution in [3.8, 4) is 0 Å². The average Bonchev–Trinajstić information content (AvgIpc) is 2.75. The molecule has 0 spiro atoms.